The maximum absolute atomic E-state index is 11.8. The number of thiazole rings is 1. The molecular weight excluding hydrogens is 282 g/mol. The van der Waals surface area contributed by atoms with Gasteiger partial charge in [0.2, 0.25) is 5.91 Å². The lowest BCUT2D eigenvalue weighted by Crippen LogP contribution is -2.34. The van der Waals surface area contributed by atoms with Crippen molar-refractivity contribution in [2.45, 2.75) is 19.8 Å². The zero-order chi connectivity index (χ0) is 14.7. The molecule has 1 aromatic rings. The molecule has 1 saturated heterocycles. The molecule has 1 fully saturated rings. The third-order valence-corrected chi connectivity index (χ3v) is 3.98. The van der Waals surface area contributed by atoms with Crippen LogP contribution in [0.4, 0.5) is 4.79 Å². The fraction of sp³-hybridized carbons (Fsp3) is 0.500. The predicted octanol–water partition coefficient (Wildman–Crippen LogP) is 0.975. The Morgan fingerprint density at radius 1 is 1.55 bits per heavy atom. The van der Waals surface area contributed by atoms with E-state index in [0.29, 0.717) is 4.88 Å². The summed E-state index contributed by atoms with van der Waals surface area (Å²) in [5.41, 5.74) is 0. The standard InChI is InChI=1S/C12H15N3O4S/c1-7(2)10-13-5-8(20-10)11(17)19-4-3-15-9(16)6-14-12(15)18/h5,7H,3-4,6H2,1-2H3,(H,14,18). The van der Waals surface area contributed by atoms with Gasteiger partial charge in [-0.3, -0.25) is 9.69 Å². The predicted molar refractivity (Wildman–Crippen MR) is 71.6 cm³/mol. The molecule has 8 heteroatoms. The van der Waals surface area contributed by atoms with Crippen molar-refractivity contribution in [2.24, 2.45) is 0 Å². The summed E-state index contributed by atoms with van der Waals surface area (Å²) >= 11 is 1.29. The highest BCUT2D eigenvalue weighted by Gasteiger charge is 2.28. The van der Waals surface area contributed by atoms with Gasteiger partial charge in [0.05, 0.1) is 24.3 Å². The molecule has 1 N–H and O–H groups in total. The molecule has 0 aromatic carbocycles. The van der Waals surface area contributed by atoms with Gasteiger partial charge in [-0.25, -0.2) is 14.6 Å². The Morgan fingerprint density at radius 2 is 2.30 bits per heavy atom. The van der Waals surface area contributed by atoms with Crippen molar-refractivity contribution in [3.8, 4) is 0 Å². The summed E-state index contributed by atoms with van der Waals surface area (Å²) in [4.78, 5) is 39.9. The molecule has 1 aliphatic heterocycles. The number of rotatable bonds is 5. The molecule has 0 saturated carbocycles. The first-order valence-electron chi connectivity index (χ1n) is 6.20. The number of hydrogen-bond donors (Lipinski definition) is 1. The van der Waals surface area contributed by atoms with Crippen molar-refractivity contribution in [1.29, 1.82) is 0 Å². The summed E-state index contributed by atoms with van der Waals surface area (Å²) in [6, 6.07) is -0.453. The minimum absolute atomic E-state index is 0.000622. The number of carbonyl (C=O) groups is 3. The largest absolute Gasteiger partial charge is 0.460 e. The highest BCUT2D eigenvalue weighted by atomic mass is 32.1. The van der Waals surface area contributed by atoms with Crippen molar-refractivity contribution < 1.29 is 19.1 Å². The average molecular weight is 297 g/mol. The summed E-state index contributed by atoms with van der Waals surface area (Å²) in [6.45, 7) is 4.02. The highest BCUT2D eigenvalue weighted by Crippen LogP contribution is 2.21. The van der Waals surface area contributed by atoms with Gasteiger partial charge in [-0.2, -0.15) is 0 Å². The van der Waals surface area contributed by atoms with Gasteiger partial charge >= 0.3 is 12.0 Å². The van der Waals surface area contributed by atoms with Crippen molar-refractivity contribution >= 4 is 29.2 Å². The molecule has 20 heavy (non-hydrogen) atoms. The zero-order valence-corrected chi connectivity index (χ0v) is 12.0. The molecule has 2 rings (SSSR count). The van der Waals surface area contributed by atoms with Crippen LogP contribution in [0.1, 0.15) is 34.4 Å². The van der Waals surface area contributed by atoms with Gasteiger partial charge in [0.1, 0.15) is 11.5 Å². The van der Waals surface area contributed by atoms with Gasteiger partial charge in [-0.15, -0.1) is 11.3 Å². The van der Waals surface area contributed by atoms with Crippen LogP contribution in [0.3, 0.4) is 0 Å². The third kappa shape index (κ3) is 3.13. The number of aromatic nitrogens is 1. The Kier molecular flexibility index (Phi) is 4.33. The van der Waals surface area contributed by atoms with Crippen molar-refractivity contribution in [3.05, 3.63) is 16.1 Å². The van der Waals surface area contributed by atoms with Crippen LogP contribution >= 0.6 is 11.3 Å². The molecule has 7 nitrogen and oxygen atoms in total. The molecule has 1 aromatic heterocycles. The molecule has 0 bridgehead atoms. The first kappa shape index (κ1) is 14.4. The lowest BCUT2D eigenvalue weighted by Gasteiger charge is -2.11. The Balaban J connectivity index is 1.83. The Labute approximate surface area is 119 Å². The highest BCUT2D eigenvalue weighted by molar-refractivity contribution is 7.13. The van der Waals surface area contributed by atoms with Gasteiger partial charge < -0.3 is 10.1 Å². The number of nitrogens with zero attached hydrogens (tertiary/aromatic N) is 2. The number of amides is 3. The second kappa shape index (κ2) is 6.00. The number of nitrogens with one attached hydrogen (secondary N) is 1. The van der Waals surface area contributed by atoms with Crippen LogP contribution in [0.25, 0.3) is 0 Å². The molecule has 3 amide bonds. The van der Waals surface area contributed by atoms with E-state index in [1.807, 2.05) is 13.8 Å². The summed E-state index contributed by atoms with van der Waals surface area (Å²) < 4.78 is 5.04. The molecule has 0 atom stereocenters. The van der Waals surface area contributed by atoms with E-state index < -0.39 is 12.0 Å². The van der Waals surface area contributed by atoms with E-state index in [2.05, 4.69) is 10.3 Å². The Hall–Kier alpha value is -1.96. The molecule has 0 radical (unpaired) electrons. The SMILES string of the molecule is CC(C)c1ncc(C(=O)OCCN2C(=O)CNC2=O)s1. The van der Waals surface area contributed by atoms with Crippen LogP contribution in [-0.2, 0) is 9.53 Å². The van der Waals surface area contributed by atoms with Crippen LogP contribution < -0.4 is 5.32 Å². The second-order valence-corrected chi connectivity index (χ2v) is 5.62. The number of imide groups is 1. The molecule has 0 spiro atoms. The minimum atomic E-state index is -0.485. The third-order valence-electron chi connectivity index (χ3n) is 2.70. The molecular formula is C12H15N3O4S. The fourth-order valence-electron chi connectivity index (χ4n) is 1.63. The number of hydrogen-bond acceptors (Lipinski definition) is 6. The monoisotopic (exact) mass is 297 g/mol. The summed E-state index contributed by atoms with van der Waals surface area (Å²) in [5, 5.41) is 3.26. The van der Waals surface area contributed by atoms with E-state index in [4.69, 9.17) is 4.74 Å². The molecule has 108 valence electrons. The number of urea groups is 1. The maximum Gasteiger partial charge on any atom is 0.350 e. The van der Waals surface area contributed by atoms with Crippen LogP contribution in [0.5, 0.6) is 0 Å². The maximum atomic E-state index is 11.8. The van der Waals surface area contributed by atoms with Gasteiger partial charge in [0.15, 0.2) is 0 Å². The van der Waals surface area contributed by atoms with E-state index >= 15 is 0 Å². The van der Waals surface area contributed by atoms with Gasteiger partial charge in [0, 0.05) is 5.92 Å². The number of esters is 1. The van der Waals surface area contributed by atoms with Crippen LogP contribution in [0, 0.1) is 0 Å². The van der Waals surface area contributed by atoms with E-state index in [1.165, 1.54) is 17.5 Å². The Bertz CT molecular complexity index is 525. The fourth-order valence-corrected chi connectivity index (χ4v) is 2.45. The van der Waals surface area contributed by atoms with Gasteiger partial charge in [-0.1, -0.05) is 13.8 Å². The van der Waals surface area contributed by atoms with Crippen molar-refractivity contribution in [3.63, 3.8) is 0 Å². The van der Waals surface area contributed by atoms with Crippen LogP contribution in [0.15, 0.2) is 6.20 Å². The molecule has 0 unspecified atom stereocenters. The zero-order valence-electron chi connectivity index (χ0n) is 11.2. The quantitative estimate of drug-likeness (QED) is 0.646. The van der Waals surface area contributed by atoms with Gasteiger partial charge in [-0.05, 0) is 0 Å². The van der Waals surface area contributed by atoms with E-state index in [-0.39, 0.29) is 31.5 Å². The first-order chi connectivity index (χ1) is 9.49. The lowest BCUT2D eigenvalue weighted by molar-refractivity contribution is -0.125. The van der Waals surface area contributed by atoms with Gasteiger partial charge in [0.25, 0.3) is 0 Å². The van der Waals surface area contributed by atoms with E-state index in [9.17, 15) is 14.4 Å². The van der Waals surface area contributed by atoms with Crippen LogP contribution in [-0.4, -0.2) is 47.5 Å². The summed E-state index contributed by atoms with van der Waals surface area (Å²) in [7, 11) is 0. The normalized spacial score (nSPS) is 14.8. The summed E-state index contributed by atoms with van der Waals surface area (Å²) in [5.74, 6) is -0.542. The number of carbonyl (C=O) groups excluding carboxylic acids is 3. The van der Waals surface area contributed by atoms with E-state index in [0.717, 1.165) is 9.91 Å². The first-order valence-corrected chi connectivity index (χ1v) is 7.01. The molecule has 1 aliphatic rings. The van der Waals surface area contributed by atoms with Crippen molar-refractivity contribution in [2.75, 3.05) is 19.7 Å². The topological polar surface area (TPSA) is 88.6 Å². The second-order valence-electron chi connectivity index (χ2n) is 4.56. The number of ether oxygens (including phenoxy) is 1. The minimum Gasteiger partial charge on any atom is -0.460 e. The van der Waals surface area contributed by atoms with Crippen molar-refractivity contribution in [1.82, 2.24) is 15.2 Å². The summed E-state index contributed by atoms with van der Waals surface area (Å²) in [6.07, 6.45) is 1.48. The molecule has 2 heterocycles. The smallest absolute Gasteiger partial charge is 0.350 e. The molecule has 0 aliphatic carbocycles. The lowest BCUT2D eigenvalue weighted by atomic mass is 10.2. The Morgan fingerprint density at radius 3 is 2.85 bits per heavy atom. The van der Waals surface area contributed by atoms with E-state index in [1.54, 1.807) is 0 Å². The van der Waals surface area contributed by atoms with Crippen LogP contribution in [0.2, 0.25) is 0 Å². The average Bonchev–Trinajstić information content (AvgIpc) is 3.00.